The molecule has 0 saturated heterocycles. The molecule has 1 aliphatic rings. The van der Waals surface area contributed by atoms with E-state index in [-0.39, 0.29) is 6.42 Å². The van der Waals surface area contributed by atoms with Gasteiger partial charge in [0.15, 0.2) is 0 Å². The number of fused-ring (bicyclic) bond motifs is 8. The van der Waals surface area contributed by atoms with Crippen LogP contribution in [0.25, 0.3) is 32.8 Å². The molecule has 242 valence electrons. The summed E-state index contributed by atoms with van der Waals surface area (Å²) in [6.45, 7) is 5.17. The standard InChI is InChI=1S/C36H36ClN5O3S2/c1-21-31(17-33(43)44)42-12-7-13-45-32-16-26(14-23-8-5-6-9-27(23)32)47-19-25-15-24(38-41(25)4)18-46-20-29-35(22(2)40(3)39-29)36-28(37)10-11-30(42)34(21)36/h5-6,8-11,14-16H,7,12-13,17-20H2,1-4H3,(H,43,44). The molecule has 0 aliphatic carbocycles. The van der Waals surface area contributed by atoms with E-state index in [1.807, 2.05) is 48.6 Å². The second-order valence-corrected chi connectivity index (χ2v) is 14.5. The molecule has 0 amide bonds. The summed E-state index contributed by atoms with van der Waals surface area (Å²) in [6, 6.07) is 18.8. The van der Waals surface area contributed by atoms with Crippen LogP contribution in [0.5, 0.6) is 5.75 Å². The number of halogens is 1. The number of thioether (sulfide) groups is 2. The van der Waals surface area contributed by atoms with Crippen LogP contribution in [-0.4, -0.2) is 41.8 Å². The molecule has 7 rings (SSSR count). The molecule has 1 aliphatic heterocycles. The molecule has 3 aromatic carbocycles. The van der Waals surface area contributed by atoms with Crippen LogP contribution in [0.15, 0.2) is 59.5 Å². The smallest absolute Gasteiger partial charge is 0.309 e. The number of aromatic nitrogens is 5. The minimum atomic E-state index is -0.865. The van der Waals surface area contributed by atoms with Gasteiger partial charge < -0.3 is 14.4 Å². The SMILES string of the molecule is Cc1c(CC(=O)O)n2c3ccc(Cl)c(c13)-c1c(nn(C)c1C)CSCc1cc(n(C)n1)CSc1cc(c3ccccc3c1)OCCC2. The van der Waals surface area contributed by atoms with Crippen LogP contribution in [0, 0.1) is 13.8 Å². The maximum atomic E-state index is 12.1. The molecule has 0 radical (unpaired) electrons. The zero-order valence-electron chi connectivity index (χ0n) is 26.8. The lowest BCUT2D eigenvalue weighted by atomic mass is 9.97. The number of aliphatic carboxylic acids is 1. The molecule has 0 saturated carbocycles. The van der Waals surface area contributed by atoms with Crippen LogP contribution >= 0.6 is 35.1 Å². The number of ether oxygens (including phenoxy) is 1. The quantitative estimate of drug-likeness (QED) is 0.196. The second kappa shape index (κ2) is 13.0. The summed E-state index contributed by atoms with van der Waals surface area (Å²) in [5, 5.41) is 23.5. The zero-order chi connectivity index (χ0) is 32.8. The minimum absolute atomic E-state index is 0.0802. The fourth-order valence-electron chi connectivity index (χ4n) is 6.68. The van der Waals surface area contributed by atoms with E-state index in [9.17, 15) is 9.90 Å². The number of carbonyl (C=O) groups is 1. The molecule has 1 N–H and O–H groups in total. The maximum Gasteiger partial charge on any atom is 0.309 e. The summed E-state index contributed by atoms with van der Waals surface area (Å²) in [5.41, 5.74) is 8.77. The molecule has 11 heteroatoms. The highest BCUT2D eigenvalue weighted by Gasteiger charge is 2.25. The monoisotopic (exact) mass is 685 g/mol. The third kappa shape index (κ3) is 6.03. The number of nitrogens with zero attached hydrogens (tertiary/aromatic N) is 5. The summed E-state index contributed by atoms with van der Waals surface area (Å²) in [6.07, 6.45) is 0.619. The average Bonchev–Trinajstić information content (AvgIpc) is 3.63. The van der Waals surface area contributed by atoms with Crippen molar-refractivity contribution in [1.29, 1.82) is 0 Å². The van der Waals surface area contributed by atoms with E-state index in [1.165, 1.54) is 0 Å². The number of carboxylic acids is 1. The van der Waals surface area contributed by atoms with E-state index < -0.39 is 5.97 Å². The van der Waals surface area contributed by atoms with Gasteiger partial charge in [0.2, 0.25) is 0 Å². The van der Waals surface area contributed by atoms with E-state index in [1.54, 1.807) is 23.5 Å². The highest BCUT2D eigenvalue weighted by atomic mass is 35.5. The molecular formula is C36H36ClN5O3S2. The van der Waals surface area contributed by atoms with Crippen molar-refractivity contribution in [2.75, 3.05) is 6.61 Å². The van der Waals surface area contributed by atoms with Crippen molar-refractivity contribution in [3.8, 4) is 16.9 Å². The Kier molecular flexibility index (Phi) is 8.76. The molecule has 0 unspecified atom stereocenters. The van der Waals surface area contributed by atoms with E-state index in [0.29, 0.717) is 30.3 Å². The van der Waals surface area contributed by atoms with Gasteiger partial charge in [-0.25, -0.2) is 0 Å². The van der Waals surface area contributed by atoms with E-state index in [0.717, 1.165) is 89.0 Å². The van der Waals surface area contributed by atoms with Crippen LogP contribution in [0.3, 0.4) is 0 Å². The van der Waals surface area contributed by atoms with Crippen molar-refractivity contribution >= 4 is 62.8 Å². The molecule has 47 heavy (non-hydrogen) atoms. The first-order valence-electron chi connectivity index (χ1n) is 15.6. The van der Waals surface area contributed by atoms with Crippen molar-refractivity contribution < 1.29 is 14.6 Å². The number of aryl methyl sites for hydroxylation is 4. The van der Waals surface area contributed by atoms with Crippen LogP contribution in [0.1, 0.15) is 40.5 Å². The van der Waals surface area contributed by atoms with Gasteiger partial charge >= 0.3 is 5.97 Å². The summed E-state index contributed by atoms with van der Waals surface area (Å²) in [4.78, 5) is 13.3. The lowest BCUT2D eigenvalue weighted by molar-refractivity contribution is -0.136. The Morgan fingerprint density at radius 2 is 1.83 bits per heavy atom. The molecule has 4 heterocycles. The fraction of sp³-hybridized carbons (Fsp3) is 0.306. The Hall–Kier alpha value is -3.86. The third-order valence-electron chi connectivity index (χ3n) is 9.02. The van der Waals surface area contributed by atoms with Crippen LogP contribution < -0.4 is 4.74 Å². The normalized spacial score (nSPS) is 14.2. The van der Waals surface area contributed by atoms with Gasteiger partial charge in [-0.1, -0.05) is 35.9 Å². The lowest BCUT2D eigenvalue weighted by Gasteiger charge is -2.14. The van der Waals surface area contributed by atoms with Gasteiger partial charge in [-0.15, -0.1) is 23.5 Å². The number of hydrogen-bond acceptors (Lipinski definition) is 6. The van der Waals surface area contributed by atoms with Gasteiger partial charge in [-0.2, -0.15) is 10.2 Å². The topological polar surface area (TPSA) is 87.1 Å². The molecule has 8 bridgehead atoms. The molecule has 0 spiro atoms. The first-order valence-corrected chi connectivity index (χ1v) is 18.1. The van der Waals surface area contributed by atoms with Gasteiger partial charge in [-0.3, -0.25) is 14.2 Å². The molecule has 6 aromatic rings. The number of hydrogen-bond donors (Lipinski definition) is 1. The highest BCUT2D eigenvalue weighted by Crippen LogP contribution is 2.43. The molecule has 3 aromatic heterocycles. The number of benzene rings is 3. The Labute approximate surface area is 287 Å². The first kappa shape index (κ1) is 31.7. The highest BCUT2D eigenvalue weighted by molar-refractivity contribution is 7.98. The Balaban J connectivity index is 1.36. The van der Waals surface area contributed by atoms with Crippen LogP contribution in [-0.2, 0) is 49.1 Å². The van der Waals surface area contributed by atoms with Gasteiger partial charge in [-0.05, 0) is 61.5 Å². The molecule has 0 atom stereocenters. The Morgan fingerprint density at radius 1 is 1.00 bits per heavy atom. The minimum Gasteiger partial charge on any atom is -0.493 e. The molecular weight excluding hydrogens is 650 g/mol. The summed E-state index contributed by atoms with van der Waals surface area (Å²) >= 11 is 10.6. The Bertz CT molecular complexity index is 2170. The predicted octanol–water partition coefficient (Wildman–Crippen LogP) is 8.33. The van der Waals surface area contributed by atoms with E-state index >= 15 is 0 Å². The van der Waals surface area contributed by atoms with Crippen LogP contribution in [0.2, 0.25) is 5.02 Å². The zero-order valence-corrected chi connectivity index (χ0v) is 29.2. The summed E-state index contributed by atoms with van der Waals surface area (Å²) in [7, 11) is 3.97. The molecule has 0 fully saturated rings. The number of carboxylic acid groups (broad SMARTS) is 1. The second-order valence-electron chi connectivity index (χ2n) is 12.0. The summed E-state index contributed by atoms with van der Waals surface area (Å²) in [5.74, 6) is 2.21. The largest absolute Gasteiger partial charge is 0.493 e. The van der Waals surface area contributed by atoms with Crippen molar-refractivity contribution in [2.45, 2.75) is 55.4 Å². The van der Waals surface area contributed by atoms with E-state index in [2.05, 4.69) is 47.9 Å². The predicted molar refractivity (Wildman–Crippen MR) is 192 cm³/mol. The maximum absolute atomic E-state index is 12.1. The van der Waals surface area contributed by atoms with Crippen molar-refractivity contribution in [3.05, 3.63) is 93.7 Å². The van der Waals surface area contributed by atoms with Gasteiger partial charge in [0.25, 0.3) is 0 Å². The average molecular weight is 686 g/mol. The van der Waals surface area contributed by atoms with Crippen molar-refractivity contribution in [3.63, 3.8) is 0 Å². The van der Waals surface area contributed by atoms with Gasteiger partial charge in [0, 0.05) is 92.3 Å². The number of rotatable bonds is 2. The van der Waals surface area contributed by atoms with Gasteiger partial charge in [0.1, 0.15) is 5.75 Å². The van der Waals surface area contributed by atoms with Crippen molar-refractivity contribution in [2.24, 2.45) is 14.1 Å². The van der Waals surface area contributed by atoms with Crippen molar-refractivity contribution in [1.82, 2.24) is 24.1 Å². The fourth-order valence-corrected chi connectivity index (χ4v) is 8.77. The van der Waals surface area contributed by atoms with Gasteiger partial charge in [0.05, 0.1) is 24.4 Å². The first-order chi connectivity index (χ1) is 22.7. The van der Waals surface area contributed by atoms with E-state index in [4.69, 9.17) is 26.5 Å². The lowest BCUT2D eigenvalue weighted by Crippen LogP contribution is -2.11. The Morgan fingerprint density at radius 3 is 2.66 bits per heavy atom. The molecule has 8 nitrogen and oxygen atoms in total. The van der Waals surface area contributed by atoms with Crippen LogP contribution in [0.4, 0.5) is 0 Å². The summed E-state index contributed by atoms with van der Waals surface area (Å²) < 4.78 is 12.5. The third-order valence-corrected chi connectivity index (χ3v) is 11.3.